The zero-order chi connectivity index (χ0) is 15.5. The number of nitrogens with two attached hydrogens (primary N) is 2. The van der Waals surface area contributed by atoms with E-state index in [-0.39, 0.29) is 11.1 Å². The largest absolute Gasteiger partial charge is 0.323 e. The van der Waals surface area contributed by atoms with E-state index in [1.54, 1.807) is 0 Å². The monoisotopic (exact) mass is 294 g/mol. The average Bonchev–Trinajstić information content (AvgIpc) is 2.53. The highest BCUT2D eigenvalue weighted by molar-refractivity contribution is 5.26. The molecule has 0 heterocycles. The molecule has 0 aromatic heterocycles. The fraction of sp³-hybridized carbons (Fsp3) is 0.400. The average molecular weight is 294 g/mol. The number of benzene rings is 2. The van der Waals surface area contributed by atoms with Crippen molar-refractivity contribution in [2.24, 2.45) is 11.5 Å². The highest BCUT2D eigenvalue weighted by atomic mass is 14.9. The van der Waals surface area contributed by atoms with Gasteiger partial charge >= 0.3 is 0 Å². The molecule has 2 atom stereocenters. The predicted molar refractivity (Wildman–Crippen MR) is 92.6 cm³/mol. The van der Waals surface area contributed by atoms with E-state index in [2.05, 4.69) is 48.5 Å². The van der Waals surface area contributed by atoms with Gasteiger partial charge in [-0.15, -0.1) is 0 Å². The van der Waals surface area contributed by atoms with Crippen LogP contribution in [0.5, 0.6) is 0 Å². The van der Waals surface area contributed by atoms with E-state index in [0.717, 1.165) is 25.7 Å². The van der Waals surface area contributed by atoms with E-state index in [4.69, 9.17) is 11.5 Å². The smallest absolute Gasteiger partial charge is 0.0380 e. The Morgan fingerprint density at radius 1 is 0.636 bits per heavy atom. The van der Waals surface area contributed by atoms with E-state index in [0.29, 0.717) is 0 Å². The molecule has 2 aromatic rings. The summed E-state index contributed by atoms with van der Waals surface area (Å²) in [7, 11) is 0. The minimum atomic E-state index is -0.331. The van der Waals surface area contributed by atoms with E-state index in [9.17, 15) is 0 Å². The first-order chi connectivity index (χ1) is 10.6. The molecule has 1 aliphatic rings. The third-order valence-corrected chi connectivity index (χ3v) is 5.21. The molecule has 0 unspecified atom stereocenters. The summed E-state index contributed by atoms with van der Waals surface area (Å²) in [6.45, 7) is 0. The quantitative estimate of drug-likeness (QED) is 0.907. The van der Waals surface area contributed by atoms with Gasteiger partial charge in [-0.2, -0.15) is 0 Å². The lowest BCUT2D eigenvalue weighted by Crippen LogP contribution is -2.69. The summed E-state index contributed by atoms with van der Waals surface area (Å²) >= 11 is 0. The second kappa shape index (κ2) is 6.23. The Morgan fingerprint density at radius 2 is 1.00 bits per heavy atom. The first kappa shape index (κ1) is 15.3. The molecule has 0 aliphatic heterocycles. The molecule has 1 fully saturated rings. The minimum Gasteiger partial charge on any atom is -0.323 e. The fourth-order valence-electron chi connectivity index (χ4n) is 3.83. The van der Waals surface area contributed by atoms with Crippen LogP contribution in [0.4, 0.5) is 0 Å². The molecule has 0 amide bonds. The van der Waals surface area contributed by atoms with Crippen molar-refractivity contribution in [1.29, 1.82) is 0 Å². The number of hydrogen-bond donors (Lipinski definition) is 2. The molecule has 1 aliphatic carbocycles. The highest BCUT2D eigenvalue weighted by Gasteiger charge is 2.47. The maximum atomic E-state index is 6.89. The van der Waals surface area contributed by atoms with Crippen LogP contribution in [0.15, 0.2) is 60.7 Å². The normalized spacial score (nSPS) is 28.5. The number of hydrogen-bond acceptors (Lipinski definition) is 2. The van der Waals surface area contributed by atoms with Crippen molar-refractivity contribution in [3.05, 3.63) is 71.8 Å². The van der Waals surface area contributed by atoms with Crippen LogP contribution < -0.4 is 11.5 Å². The van der Waals surface area contributed by atoms with Crippen LogP contribution in [0.2, 0.25) is 0 Å². The van der Waals surface area contributed by atoms with Gasteiger partial charge in [-0.1, -0.05) is 73.5 Å². The summed E-state index contributed by atoms with van der Waals surface area (Å²) in [5.41, 5.74) is 15.7. The molecule has 2 aromatic carbocycles. The fourth-order valence-corrected chi connectivity index (χ4v) is 3.83. The van der Waals surface area contributed by atoms with Crippen molar-refractivity contribution in [2.75, 3.05) is 0 Å². The standard InChI is InChI=1S/C20H26N2/c21-19(15-17-9-3-1-4-10-17)13-7-8-14-20(19,22)16-18-11-5-2-6-12-18/h1-6,9-12H,7-8,13-16,21-22H2/t19-,20-/m0/s1. The maximum absolute atomic E-state index is 6.89. The van der Waals surface area contributed by atoms with Crippen LogP contribution in [0, 0.1) is 0 Å². The highest BCUT2D eigenvalue weighted by Crippen LogP contribution is 2.38. The third kappa shape index (κ3) is 3.08. The van der Waals surface area contributed by atoms with Crippen LogP contribution in [-0.2, 0) is 12.8 Å². The molecule has 3 rings (SSSR count). The van der Waals surface area contributed by atoms with Crippen molar-refractivity contribution >= 4 is 0 Å². The molecule has 4 N–H and O–H groups in total. The van der Waals surface area contributed by atoms with Gasteiger partial charge in [0.05, 0.1) is 0 Å². The molecule has 116 valence electrons. The summed E-state index contributed by atoms with van der Waals surface area (Å²) in [4.78, 5) is 0. The SMILES string of the molecule is N[C@]1(Cc2ccccc2)CCCC[C@]1(N)Cc1ccccc1. The first-order valence-corrected chi connectivity index (χ1v) is 8.27. The molecule has 0 spiro atoms. The van der Waals surface area contributed by atoms with Crippen molar-refractivity contribution in [1.82, 2.24) is 0 Å². The minimum absolute atomic E-state index is 0.331. The molecule has 0 saturated heterocycles. The van der Waals surface area contributed by atoms with Gasteiger partial charge in [-0.25, -0.2) is 0 Å². The van der Waals surface area contributed by atoms with Crippen molar-refractivity contribution in [2.45, 2.75) is 49.6 Å². The van der Waals surface area contributed by atoms with Gasteiger partial charge in [0.1, 0.15) is 0 Å². The molecular formula is C20H26N2. The van der Waals surface area contributed by atoms with Gasteiger partial charge in [0, 0.05) is 11.1 Å². The Labute approximate surface area is 133 Å². The van der Waals surface area contributed by atoms with Crippen LogP contribution in [0.25, 0.3) is 0 Å². The van der Waals surface area contributed by atoms with Crippen LogP contribution >= 0.6 is 0 Å². The second-order valence-electron chi connectivity index (χ2n) is 6.84. The van der Waals surface area contributed by atoms with Gasteiger partial charge < -0.3 is 11.5 Å². The molecule has 1 saturated carbocycles. The lowest BCUT2D eigenvalue weighted by atomic mass is 9.63. The Kier molecular flexibility index (Phi) is 4.32. The van der Waals surface area contributed by atoms with E-state index < -0.39 is 0 Å². The Bertz CT molecular complexity index is 540. The molecule has 2 nitrogen and oxygen atoms in total. The molecule has 0 bridgehead atoms. The molecule has 0 radical (unpaired) electrons. The Balaban J connectivity index is 1.86. The summed E-state index contributed by atoms with van der Waals surface area (Å²) in [6, 6.07) is 21.1. The van der Waals surface area contributed by atoms with Crippen LogP contribution in [0.3, 0.4) is 0 Å². The Morgan fingerprint density at radius 3 is 1.36 bits per heavy atom. The topological polar surface area (TPSA) is 52.0 Å². The molecule has 22 heavy (non-hydrogen) atoms. The van der Waals surface area contributed by atoms with E-state index in [1.165, 1.54) is 24.0 Å². The number of rotatable bonds is 4. The van der Waals surface area contributed by atoms with Crippen molar-refractivity contribution < 1.29 is 0 Å². The van der Waals surface area contributed by atoms with Gasteiger partial charge in [0.2, 0.25) is 0 Å². The summed E-state index contributed by atoms with van der Waals surface area (Å²) < 4.78 is 0. The zero-order valence-corrected chi connectivity index (χ0v) is 13.2. The summed E-state index contributed by atoms with van der Waals surface area (Å²) in [6.07, 6.45) is 6.08. The Hall–Kier alpha value is -1.64. The zero-order valence-electron chi connectivity index (χ0n) is 13.2. The molecular weight excluding hydrogens is 268 g/mol. The second-order valence-corrected chi connectivity index (χ2v) is 6.84. The van der Waals surface area contributed by atoms with E-state index in [1.807, 2.05) is 12.1 Å². The predicted octanol–water partition coefficient (Wildman–Crippen LogP) is 3.44. The van der Waals surface area contributed by atoms with Gasteiger partial charge in [-0.3, -0.25) is 0 Å². The summed E-state index contributed by atoms with van der Waals surface area (Å²) in [5.74, 6) is 0. The van der Waals surface area contributed by atoms with E-state index >= 15 is 0 Å². The molecule has 2 heteroatoms. The van der Waals surface area contributed by atoms with Crippen molar-refractivity contribution in [3.63, 3.8) is 0 Å². The maximum Gasteiger partial charge on any atom is 0.0380 e. The van der Waals surface area contributed by atoms with Gasteiger partial charge in [0.15, 0.2) is 0 Å². The third-order valence-electron chi connectivity index (χ3n) is 5.21. The van der Waals surface area contributed by atoms with Gasteiger partial charge in [-0.05, 0) is 36.8 Å². The lowest BCUT2D eigenvalue weighted by Gasteiger charge is -2.50. The summed E-state index contributed by atoms with van der Waals surface area (Å²) in [5, 5.41) is 0. The lowest BCUT2D eigenvalue weighted by molar-refractivity contribution is 0.145. The van der Waals surface area contributed by atoms with Crippen LogP contribution in [-0.4, -0.2) is 11.1 Å². The van der Waals surface area contributed by atoms with Crippen LogP contribution in [0.1, 0.15) is 36.8 Å². The first-order valence-electron chi connectivity index (χ1n) is 8.27. The van der Waals surface area contributed by atoms with Crippen molar-refractivity contribution in [3.8, 4) is 0 Å². The van der Waals surface area contributed by atoms with Gasteiger partial charge in [0.25, 0.3) is 0 Å².